The highest BCUT2D eigenvalue weighted by Gasteiger charge is 2.12. The molecule has 0 spiro atoms. The molecule has 0 atom stereocenters. The van der Waals surface area contributed by atoms with Crippen LogP contribution < -0.4 is 15.5 Å². The predicted molar refractivity (Wildman–Crippen MR) is 110 cm³/mol. The van der Waals surface area contributed by atoms with Crippen LogP contribution in [0.25, 0.3) is 0 Å². The van der Waals surface area contributed by atoms with Crippen LogP contribution in [0.15, 0.2) is 48.5 Å². The van der Waals surface area contributed by atoms with E-state index in [9.17, 15) is 18.4 Å². The molecule has 156 valence electrons. The Balaban J connectivity index is 1.59. The number of halogens is 2. The molecule has 2 amide bonds. The molecule has 2 aromatic rings. The second-order valence-electron chi connectivity index (χ2n) is 6.60. The summed E-state index contributed by atoms with van der Waals surface area (Å²) in [5.41, 5.74) is 0.949. The standard InChI is InChI=1S/C22H27F2N3O2/c1-2-27(18-8-4-3-5-9-18)15-7-14-25-21(28)10-6-13-26-22(29)19-12-11-17(23)16-20(19)24/h3-5,8-9,11-12,16H,2,6-7,10,13-15H2,1H3,(H,25,28)(H,26,29). The molecular weight excluding hydrogens is 376 g/mol. The molecule has 0 aliphatic heterocycles. The van der Waals surface area contributed by atoms with E-state index in [1.165, 1.54) is 0 Å². The normalized spacial score (nSPS) is 10.4. The Morgan fingerprint density at radius 2 is 1.69 bits per heavy atom. The van der Waals surface area contributed by atoms with Gasteiger partial charge in [0, 0.05) is 44.4 Å². The van der Waals surface area contributed by atoms with Crippen molar-refractivity contribution >= 4 is 17.5 Å². The Morgan fingerprint density at radius 1 is 0.966 bits per heavy atom. The van der Waals surface area contributed by atoms with E-state index in [1.54, 1.807) is 0 Å². The molecule has 0 unspecified atom stereocenters. The Bertz CT molecular complexity index is 800. The second-order valence-corrected chi connectivity index (χ2v) is 6.60. The van der Waals surface area contributed by atoms with Crippen molar-refractivity contribution in [3.8, 4) is 0 Å². The summed E-state index contributed by atoms with van der Waals surface area (Å²) in [5.74, 6) is -2.35. The van der Waals surface area contributed by atoms with Crippen LogP contribution in [-0.4, -0.2) is 38.0 Å². The average Bonchev–Trinajstić information content (AvgIpc) is 2.71. The van der Waals surface area contributed by atoms with Gasteiger partial charge in [0.1, 0.15) is 11.6 Å². The Labute approximate surface area is 170 Å². The van der Waals surface area contributed by atoms with Crippen LogP contribution in [0.4, 0.5) is 14.5 Å². The van der Waals surface area contributed by atoms with Crippen molar-refractivity contribution < 1.29 is 18.4 Å². The van der Waals surface area contributed by atoms with Gasteiger partial charge in [-0.15, -0.1) is 0 Å². The zero-order valence-electron chi connectivity index (χ0n) is 16.6. The lowest BCUT2D eigenvalue weighted by molar-refractivity contribution is -0.121. The summed E-state index contributed by atoms with van der Waals surface area (Å²) in [6.45, 7) is 4.65. The summed E-state index contributed by atoms with van der Waals surface area (Å²) in [4.78, 5) is 26.0. The molecule has 5 nitrogen and oxygen atoms in total. The van der Waals surface area contributed by atoms with Crippen LogP contribution in [0.5, 0.6) is 0 Å². The first-order valence-corrected chi connectivity index (χ1v) is 9.81. The minimum Gasteiger partial charge on any atom is -0.372 e. The van der Waals surface area contributed by atoms with Crippen LogP contribution in [0, 0.1) is 11.6 Å². The van der Waals surface area contributed by atoms with Crippen molar-refractivity contribution in [2.75, 3.05) is 31.1 Å². The summed E-state index contributed by atoms with van der Waals surface area (Å²) >= 11 is 0. The van der Waals surface area contributed by atoms with Crippen LogP contribution in [0.2, 0.25) is 0 Å². The molecule has 0 heterocycles. The van der Waals surface area contributed by atoms with Gasteiger partial charge < -0.3 is 15.5 Å². The lowest BCUT2D eigenvalue weighted by atomic mass is 10.2. The first-order chi connectivity index (χ1) is 14.0. The number of nitrogens with one attached hydrogen (secondary N) is 2. The van der Waals surface area contributed by atoms with E-state index >= 15 is 0 Å². The largest absolute Gasteiger partial charge is 0.372 e. The highest BCUT2D eigenvalue weighted by atomic mass is 19.1. The Morgan fingerprint density at radius 3 is 2.38 bits per heavy atom. The first-order valence-electron chi connectivity index (χ1n) is 9.81. The van der Waals surface area contributed by atoms with E-state index in [1.807, 2.05) is 18.2 Å². The smallest absolute Gasteiger partial charge is 0.254 e. The quantitative estimate of drug-likeness (QED) is 0.565. The molecule has 7 heteroatoms. The molecule has 2 N–H and O–H groups in total. The topological polar surface area (TPSA) is 61.4 Å². The maximum Gasteiger partial charge on any atom is 0.254 e. The van der Waals surface area contributed by atoms with Crippen LogP contribution in [0.1, 0.15) is 36.5 Å². The number of carbonyl (C=O) groups is 2. The molecule has 29 heavy (non-hydrogen) atoms. The van der Waals surface area contributed by atoms with Gasteiger partial charge in [-0.25, -0.2) is 8.78 Å². The zero-order chi connectivity index (χ0) is 21.1. The number of carbonyl (C=O) groups excluding carboxylic acids is 2. The van der Waals surface area contributed by atoms with Gasteiger partial charge >= 0.3 is 0 Å². The molecular formula is C22H27F2N3O2. The number of hydrogen-bond donors (Lipinski definition) is 2. The summed E-state index contributed by atoms with van der Waals surface area (Å²) < 4.78 is 26.4. The van der Waals surface area contributed by atoms with Crippen molar-refractivity contribution in [3.63, 3.8) is 0 Å². The minimum atomic E-state index is -0.906. The predicted octanol–water partition coefficient (Wildman–Crippen LogP) is 3.51. The SMILES string of the molecule is CCN(CCCNC(=O)CCCNC(=O)c1ccc(F)cc1F)c1ccccc1. The number of rotatable bonds is 11. The molecule has 0 aromatic heterocycles. The summed E-state index contributed by atoms with van der Waals surface area (Å²) in [5, 5.41) is 5.40. The van der Waals surface area contributed by atoms with Gasteiger partial charge in [0.25, 0.3) is 5.91 Å². The fourth-order valence-corrected chi connectivity index (χ4v) is 2.91. The van der Waals surface area contributed by atoms with E-state index in [0.29, 0.717) is 19.0 Å². The van der Waals surface area contributed by atoms with Crippen LogP contribution in [-0.2, 0) is 4.79 Å². The lowest BCUT2D eigenvalue weighted by Gasteiger charge is -2.23. The lowest BCUT2D eigenvalue weighted by Crippen LogP contribution is -2.31. The molecule has 0 bridgehead atoms. The average molecular weight is 403 g/mol. The van der Waals surface area contributed by atoms with E-state index in [0.717, 1.165) is 37.3 Å². The number of anilines is 1. The zero-order valence-corrected chi connectivity index (χ0v) is 16.6. The third kappa shape index (κ3) is 7.52. The van der Waals surface area contributed by atoms with Crippen molar-refractivity contribution in [3.05, 3.63) is 65.7 Å². The minimum absolute atomic E-state index is 0.0880. The molecule has 0 saturated heterocycles. The van der Waals surface area contributed by atoms with Gasteiger partial charge in [-0.05, 0) is 44.0 Å². The fraction of sp³-hybridized carbons (Fsp3) is 0.364. The van der Waals surface area contributed by atoms with E-state index in [4.69, 9.17) is 0 Å². The molecule has 0 saturated carbocycles. The summed E-state index contributed by atoms with van der Waals surface area (Å²) in [6.07, 6.45) is 1.53. The number of para-hydroxylation sites is 1. The maximum atomic E-state index is 13.5. The van der Waals surface area contributed by atoms with Crippen LogP contribution in [0.3, 0.4) is 0 Å². The van der Waals surface area contributed by atoms with Crippen molar-refractivity contribution in [1.82, 2.24) is 10.6 Å². The third-order valence-corrected chi connectivity index (χ3v) is 4.47. The second kappa shape index (κ2) is 11.8. The molecule has 2 rings (SSSR count). The van der Waals surface area contributed by atoms with Crippen molar-refractivity contribution in [2.45, 2.75) is 26.2 Å². The Kier molecular flexibility index (Phi) is 9.08. The van der Waals surface area contributed by atoms with Gasteiger partial charge in [0.15, 0.2) is 0 Å². The van der Waals surface area contributed by atoms with E-state index < -0.39 is 17.5 Å². The summed E-state index contributed by atoms with van der Waals surface area (Å²) in [6, 6.07) is 12.9. The van der Waals surface area contributed by atoms with Gasteiger partial charge in [0.05, 0.1) is 5.56 Å². The number of benzene rings is 2. The fourth-order valence-electron chi connectivity index (χ4n) is 2.91. The Hall–Kier alpha value is -2.96. The molecule has 2 aromatic carbocycles. The third-order valence-electron chi connectivity index (χ3n) is 4.47. The monoisotopic (exact) mass is 403 g/mol. The molecule has 0 aliphatic rings. The number of hydrogen-bond acceptors (Lipinski definition) is 3. The van der Waals surface area contributed by atoms with Crippen LogP contribution >= 0.6 is 0 Å². The highest BCUT2D eigenvalue weighted by molar-refractivity contribution is 5.94. The van der Waals surface area contributed by atoms with Gasteiger partial charge in [-0.1, -0.05) is 18.2 Å². The molecule has 0 radical (unpaired) electrons. The van der Waals surface area contributed by atoms with Gasteiger partial charge in [-0.3, -0.25) is 9.59 Å². The van der Waals surface area contributed by atoms with Gasteiger partial charge in [-0.2, -0.15) is 0 Å². The number of amides is 2. The van der Waals surface area contributed by atoms with E-state index in [2.05, 4.69) is 34.6 Å². The first kappa shape index (κ1) is 22.3. The van der Waals surface area contributed by atoms with Gasteiger partial charge in [0.2, 0.25) is 5.91 Å². The molecule has 0 fully saturated rings. The van der Waals surface area contributed by atoms with Crippen molar-refractivity contribution in [2.24, 2.45) is 0 Å². The van der Waals surface area contributed by atoms with E-state index in [-0.39, 0.29) is 24.4 Å². The summed E-state index contributed by atoms with van der Waals surface area (Å²) in [7, 11) is 0. The number of nitrogens with zero attached hydrogens (tertiary/aromatic N) is 1. The highest BCUT2D eigenvalue weighted by Crippen LogP contribution is 2.12. The molecule has 0 aliphatic carbocycles. The van der Waals surface area contributed by atoms with Crippen molar-refractivity contribution in [1.29, 1.82) is 0 Å². The maximum absolute atomic E-state index is 13.5.